The van der Waals surface area contributed by atoms with Crippen LogP contribution in [0.3, 0.4) is 0 Å². The number of hydrogen-bond donors (Lipinski definition) is 3. The molecule has 0 saturated carbocycles. The number of aromatic nitrogens is 3. The number of carbonyl (C=O) groups is 2. The van der Waals surface area contributed by atoms with E-state index in [-0.39, 0.29) is 17.2 Å². The Labute approximate surface area is 297 Å². The van der Waals surface area contributed by atoms with Crippen LogP contribution >= 0.6 is 0 Å². The van der Waals surface area contributed by atoms with Crippen LogP contribution < -0.4 is 25.8 Å². The molecule has 0 radical (unpaired) electrons. The number of piperidine rings is 1. The van der Waals surface area contributed by atoms with Crippen LogP contribution in [0.5, 0.6) is 5.75 Å². The highest BCUT2D eigenvalue weighted by Crippen LogP contribution is 2.32. The lowest BCUT2D eigenvalue weighted by Gasteiger charge is -2.42. The van der Waals surface area contributed by atoms with Gasteiger partial charge in [-0.25, -0.2) is 14.4 Å². The summed E-state index contributed by atoms with van der Waals surface area (Å²) in [6, 6.07) is 9.13. The molecule has 2 saturated heterocycles. The number of carboxylic acids is 1. The number of ether oxygens (including phenoxy) is 1. The molecule has 2 aromatic heterocycles. The maximum Gasteiger partial charge on any atom is 0.430 e. The third kappa shape index (κ3) is 8.96. The quantitative estimate of drug-likeness (QED) is 0.159. The molecule has 2 aliphatic heterocycles. The van der Waals surface area contributed by atoms with E-state index in [1.807, 2.05) is 25.1 Å². The van der Waals surface area contributed by atoms with Gasteiger partial charge in [0.25, 0.3) is 5.91 Å². The van der Waals surface area contributed by atoms with Crippen molar-refractivity contribution in [1.82, 2.24) is 25.0 Å². The number of rotatable bonds is 10. The number of amides is 1. The first-order chi connectivity index (χ1) is 24.7. The highest BCUT2D eigenvalue weighted by Gasteiger charge is 2.33. The van der Waals surface area contributed by atoms with Gasteiger partial charge in [-0.15, -0.1) is 0 Å². The Bertz CT molecular complexity index is 1890. The van der Waals surface area contributed by atoms with E-state index >= 15 is 0 Å². The van der Waals surface area contributed by atoms with E-state index in [1.54, 1.807) is 16.8 Å². The molecule has 4 aromatic rings. The molecule has 6 rings (SSSR count). The van der Waals surface area contributed by atoms with Gasteiger partial charge in [-0.3, -0.25) is 9.20 Å². The van der Waals surface area contributed by atoms with E-state index in [0.29, 0.717) is 47.6 Å². The predicted molar refractivity (Wildman–Crippen MR) is 182 cm³/mol. The molecule has 0 bridgehead atoms. The third-order valence-corrected chi connectivity index (χ3v) is 9.72. The van der Waals surface area contributed by atoms with Crippen LogP contribution in [0.15, 0.2) is 48.9 Å². The number of hydrogen-bond acceptors (Lipinski definition) is 8. The lowest BCUT2D eigenvalue weighted by molar-refractivity contribution is -0.916. The highest BCUT2D eigenvalue weighted by molar-refractivity contribution is 5.96. The second-order valence-electron chi connectivity index (χ2n) is 13.4. The largest absolute Gasteiger partial charge is 0.542 e. The fourth-order valence-corrected chi connectivity index (χ4v) is 6.82. The SMILES string of the molecule is CCc1cc(Nc2nccn3c(-c4ccc(OC)c(F)c4F)cnc23)ccc1C(=O)NCC1CC[N+](C)(CC2CCCN2)CC1.O=C([O-])C(F)(F)F. The highest BCUT2D eigenvalue weighted by atomic mass is 19.4. The van der Waals surface area contributed by atoms with E-state index in [9.17, 15) is 26.7 Å². The molecular weight excluding hydrogens is 689 g/mol. The summed E-state index contributed by atoms with van der Waals surface area (Å²) in [7, 11) is 3.67. The molecule has 2 fully saturated rings. The first-order valence-corrected chi connectivity index (χ1v) is 17.1. The molecule has 1 amide bonds. The minimum Gasteiger partial charge on any atom is -0.542 e. The van der Waals surface area contributed by atoms with Crippen LogP contribution in [0, 0.1) is 17.6 Å². The number of aliphatic carboxylic acids is 1. The summed E-state index contributed by atoms with van der Waals surface area (Å²) >= 11 is 0. The number of fused-ring (bicyclic) bond motifs is 1. The van der Waals surface area contributed by atoms with Crippen molar-refractivity contribution in [3.63, 3.8) is 0 Å². The Hall–Kier alpha value is -4.83. The molecule has 1 unspecified atom stereocenters. The first kappa shape index (κ1) is 38.4. The smallest absolute Gasteiger partial charge is 0.430 e. The molecule has 2 aliphatic rings. The Morgan fingerprint density at radius 2 is 1.83 bits per heavy atom. The maximum absolute atomic E-state index is 14.9. The van der Waals surface area contributed by atoms with Crippen LogP contribution in [-0.4, -0.2) is 89.8 Å². The zero-order valence-electron chi connectivity index (χ0n) is 29.2. The minimum atomic E-state index is -5.19. The van der Waals surface area contributed by atoms with Crippen molar-refractivity contribution >= 4 is 29.0 Å². The number of carboxylic acid groups (broad SMARTS) is 1. The summed E-state index contributed by atoms with van der Waals surface area (Å²) in [5.74, 6) is -4.35. The first-order valence-electron chi connectivity index (χ1n) is 17.1. The number of alkyl halides is 3. The van der Waals surface area contributed by atoms with Gasteiger partial charge < -0.3 is 35.1 Å². The predicted octanol–water partition coefficient (Wildman–Crippen LogP) is 4.63. The van der Waals surface area contributed by atoms with Crippen LogP contribution in [0.2, 0.25) is 0 Å². The number of benzene rings is 2. The van der Waals surface area contributed by atoms with Gasteiger partial charge in [-0.2, -0.15) is 17.6 Å². The van der Waals surface area contributed by atoms with Crippen LogP contribution in [0.4, 0.5) is 33.5 Å². The Kier molecular flexibility index (Phi) is 12.0. The Morgan fingerprint density at radius 1 is 1.10 bits per heavy atom. The number of imidazole rings is 1. The number of likely N-dealkylation sites (tertiary alicyclic amines) is 1. The second-order valence-corrected chi connectivity index (χ2v) is 13.4. The van der Waals surface area contributed by atoms with Crippen molar-refractivity contribution in [3.05, 3.63) is 71.7 Å². The number of carbonyl (C=O) groups excluding carboxylic acids is 2. The van der Waals surface area contributed by atoms with Crippen molar-refractivity contribution in [3.8, 4) is 17.0 Å². The lowest BCUT2D eigenvalue weighted by atomic mass is 9.94. The summed E-state index contributed by atoms with van der Waals surface area (Å²) in [5, 5.41) is 18.9. The molecule has 4 heterocycles. The molecule has 11 nitrogen and oxygen atoms in total. The van der Waals surface area contributed by atoms with Gasteiger partial charge >= 0.3 is 6.18 Å². The van der Waals surface area contributed by atoms with Crippen molar-refractivity contribution < 1.29 is 45.9 Å². The van der Waals surface area contributed by atoms with Crippen molar-refractivity contribution in [2.75, 3.05) is 52.2 Å². The normalized spacial score (nSPS) is 20.2. The molecular formula is C36H42F5N7O4. The molecule has 1 atom stereocenters. The average molecular weight is 732 g/mol. The number of methoxy groups -OCH3 is 1. The van der Waals surface area contributed by atoms with Gasteiger partial charge in [0, 0.05) is 48.6 Å². The standard InChI is InChI=1S/C34H41F2N7O2.C2HF3O2/c1-4-23-18-24(7-8-26(23)34(44)40-19-22-11-16-43(2,17-12-22)21-25-6-5-13-37-25)41-32-33-39-20-28(42(33)15-14-38-32)27-9-10-29(45-3)31(36)30(27)35;3-2(4,5)1(6)7/h7-10,14-15,18,20,22,25,37H,4-6,11-13,16-17,19,21H2,1-3H3,(H-,38,40,41,44);(H,6,7). The summed E-state index contributed by atoms with van der Waals surface area (Å²) in [6.45, 7) is 7.37. The van der Waals surface area contributed by atoms with Gasteiger partial charge in [0.15, 0.2) is 23.0 Å². The molecule has 0 spiro atoms. The number of nitrogens with zero attached hydrogens (tertiary/aromatic N) is 4. The van der Waals surface area contributed by atoms with E-state index in [2.05, 4.69) is 33.0 Å². The van der Waals surface area contributed by atoms with Crippen LogP contribution in [0.25, 0.3) is 16.9 Å². The number of nitrogens with one attached hydrogen (secondary N) is 3. The molecule has 3 N–H and O–H groups in total. The van der Waals surface area contributed by atoms with Crippen molar-refractivity contribution in [2.24, 2.45) is 5.92 Å². The summed E-state index contributed by atoms with van der Waals surface area (Å²) < 4.78 is 68.5. The molecule has 2 aromatic carbocycles. The van der Waals surface area contributed by atoms with Gasteiger partial charge in [0.2, 0.25) is 5.82 Å². The summed E-state index contributed by atoms with van der Waals surface area (Å²) in [5.41, 5.74) is 3.22. The average Bonchev–Trinajstić information content (AvgIpc) is 3.79. The molecule has 52 heavy (non-hydrogen) atoms. The molecule has 280 valence electrons. The fraction of sp³-hybridized carbons (Fsp3) is 0.444. The Balaban J connectivity index is 0.000000679. The summed E-state index contributed by atoms with van der Waals surface area (Å²) in [4.78, 5) is 30.9. The molecule has 0 aliphatic carbocycles. The zero-order valence-corrected chi connectivity index (χ0v) is 29.2. The van der Waals surface area contributed by atoms with Crippen molar-refractivity contribution in [2.45, 2.75) is 51.2 Å². The Morgan fingerprint density at radius 3 is 2.46 bits per heavy atom. The number of aryl methyl sites for hydroxylation is 1. The van der Waals surface area contributed by atoms with Gasteiger partial charge in [-0.1, -0.05) is 6.92 Å². The summed E-state index contributed by atoms with van der Waals surface area (Å²) in [6.07, 6.45) is 5.00. The monoisotopic (exact) mass is 731 g/mol. The topological polar surface area (TPSA) is 133 Å². The fourth-order valence-electron chi connectivity index (χ4n) is 6.82. The lowest BCUT2D eigenvalue weighted by Crippen LogP contribution is -2.55. The van der Waals surface area contributed by atoms with E-state index in [0.717, 1.165) is 48.2 Å². The van der Waals surface area contributed by atoms with Crippen molar-refractivity contribution in [1.29, 1.82) is 0 Å². The minimum absolute atomic E-state index is 0.0525. The maximum atomic E-state index is 14.9. The third-order valence-electron chi connectivity index (χ3n) is 9.72. The van der Waals surface area contributed by atoms with Gasteiger partial charge in [0.1, 0.15) is 5.97 Å². The second kappa shape index (κ2) is 16.2. The van der Waals surface area contributed by atoms with E-state index in [1.165, 1.54) is 44.8 Å². The molecule has 16 heteroatoms. The van der Waals surface area contributed by atoms with Crippen LogP contribution in [0.1, 0.15) is 48.5 Å². The van der Waals surface area contributed by atoms with Crippen LogP contribution in [-0.2, 0) is 11.2 Å². The number of halogens is 5. The number of quaternary nitrogens is 1. The number of anilines is 2. The van der Waals surface area contributed by atoms with E-state index in [4.69, 9.17) is 14.6 Å². The van der Waals surface area contributed by atoms with E-state index < -0.39 is 23.8 Å². The zero-order chi connectivity index (χ0) is 37.6. The van der Waals surface area contributed by atoms with Gasteiger partial charge in [-0.05, 0) is 67.6 Å². The van der Waals surface area contributed by atoms with Gasteiger partial charge in [0.05, 0.1) is 51.7 Å². The number of likely N-dealkylation sites (N-methyl/N-ethyl adjacent to an activating group) is 1.